The van der Waals surface area contributed by atoms with Gasteiger partial charge in [-0.3, -0.25) is 14.9 Å². The number of pyridine rings is 1. The van der Waals surface area contributed by atoms with Crippen molar-refractivity contribution < 1.29 is 29.0 Å². The van der Waals surface area contributed by atoms with Gasteiger partial charge in [-0.1, -0.05) is 30.3 Å². The third-order valence-corrected chi connectivity index (χ3v) is 4.95. The van der Waals surface area contributed by atoms with Crippen molar-refractivity contribution in [1.82, 2.24) is 10.3 Å². The number of aliphatic hydroxyl groups is 1. The van der Waals surface area contributed by atoms with Crippen LogP contribution in [0.1, 0.15) is 17.9 Å². The lowest BCUT2D eigenvalue weighted by Crippen LogP contribution is -2.35. The molecule has 34 heavy (non-hydrogen) atoms. The average molecular weight is 472 g/mol. The second kappa shape index (κ2) is 13.2. The van der Waals surface area contributed by atoms with Crippen LogP contribution in [0, 0.1) is 10.1 Å². The number of carbonyl (C=O) groups is 1. The minimum atomic E-state index is -0.615. The Balaban J connectivity index is 1.53. The molecule has 0 saturated carbocycles. The number of ether oxygens (including phenoxy) is 3. The minimum Gasteiger partial charge on any atom is -0.459 e. The first kappa shape index (κ1) is 25.1. The highest BCUT2D eigenvalue weighted by Crippen LogP contribution is 2.31. The van der Waals surface area contributed by atoms with E-state index in [4.69, 9.17) is 19.3 Å². The van der Waals surface area contributed by atoms with Crippen molar-refractivity contribution in [3.8, 4) is 0 Å². The van der Waals surface area contributed by atoms with Gasteiger partial charge < -0.3 is 30.0 Å². The van der Waals surface area contributed by atoms with Gasteiger partial charge in [0.1, 0.15) is 12.0 Å². The van der Waals surface area contributed by atoms with Gasteiger partial charge in [-0.05, 0) is 17.7 Å². The van der Waals surface area contributed by atoms with Crippen molar-refractivity contribution in [2.24, 2.45) is 0 Å². The number of nitro groups is 1. The smallest absolute Gasteiger partial charge is 0.287 e. The van der Waals surface area contributed by atoms with Crippen LogP contribution in [0.25, 0.3) is 0 Å². The maximum absolute atomic E-state index is 12.7. The number of rotatable bonds is 13. The van der Waals surface area contributed by atoms with Crippen LogP contribution in [0.4, 0.5) is 11.5 Å². The van der Waals surface area contributed by atoms with Gasteiger partial charge in [-0.2, -0.15) is 0 Å². The largest absolute Gasteiger partial charge is 0.459 e. The average Bonchev–Trinajstić information content (AvgIpc) is 2.87. The zero-order valence-corrected chi connectivity index (χ0v) is 18.6. The molecule has 0 fully saturated rings. The molecule has 1 aromatic heterocycles. The molecule has 0 spiro atoms. The Kier molecular flexibility index (Phi) is 9.77. The predicted molar refractivity (Wildman–Crippen MR) is 123 cm³/mol. The molecule has 3 N–H and O–H groups in total. The van der Waals surface area contributed by atoms with Gasteiger partial charge in [-0.15, -0.1) is 0 Å². The third-order valence-electron chi connectivity index (χ3n) is 4.95. The first-order valence-electron chi connectivity index (χ1n) is 10.9. The van der Waals surface area contributed by atoms with E-state index in [9.17, 15) is 14.9 Å². The highest BCUT2D eigenvalue weighted by atomic mass is 16.7. The maximum Gasteiger partial charge on any atom is 0.287 e. The van der Waals surface area contributed by atoms with Crippen LogP contribution < -0.4 is 10.6 Å². The lowest BCUT2D eigenvalue weighted by atomic mass is 9.93. The summed E-state index contributed by atoms with van der Waals surface area (Å²) in [5, 5.41) is 25.3. The van der Waals surface area contributed by atoms with E-state index < -0.39 is 11.2 Å². The summed E-state index contributed by atoms with van der Waals surface area (Å²) in [6.45, 7) is 1.41. The third kappa shape index (κ3) is 7.80. The van der Waals surface area contributed by atoms with Crippen molar-refractivity contribution in [3.05, 3.63) is 76.2 Å². The first-order valence-corrected chi connectivity index (χ1v) is 10.9. The Bertz CT molecular complexity index is 954. The number of hydrogen-bond donors (Lipinski definition) is 3. The Labute approximate surface area is 196 Å². The molecule has 2 heterocycles. The standard InChI is InChI=1S/C23H28N4O7/c28-10-11-32-12-13-33-22-15-18(17-4-2-1-3-5-17)14-20(34-22)23(29)25-9-8-24-21-7-6-19(16-26-21)27(30)31/h1-7,14,16,18,22,28H,8-13,15H2,(H,24,26)(H,25,29). The summed E-state index contributed by atoms with van der Waals surface area (Å²) in [6.07, 6.45) is 2.89. The zero-order valence-electron chi connectivity index (χ0n) is 18.6. The number of benzene rings is 1. The Morgan fingerprint density at radius 2 is 2.00 bits per heavy atom. The molecule has 0 aliphatic carbocycles. The molecule has 0 radical (unpaired) electrons. The molecule has 0 bridgehead atoms. The fourth-order valence-corrected chi connectivity index (χ4v) is 3.31. The zero-order chi connectivity index (χ0) is 24.2. The van der Waals surface area contributed by atoms with Crippen molar-refractivity contribution in [3.63, 3.8) is 0 Å². The number of carbonyl (C=O) groups excluding carboxylic acids is 1. The second-order valence-electron chi connectivity index (χ2n) is 7.38. The normalized spacial score (nSPS) is 17.4. The Hall–Kier alpha value is -3.54. The quantitative estimate of drug-likeness (QED) is 0.226. The number of nitrogens with one attached hydrogen (secondary N) is 2. The summed E-state index contributed by atoms with van der Waals surface area (Å²) >= 11 is 0. The predicted octanol–water partition coefficient (Wildman–Crippen LogP) is 1.96. The highest BCUT2D eigenvalue weighted by molar-refractivity contribution is 5.91. The lowest BCUT2D eigenvalue weighted by Gasteiger charge is -2.29. The summed E-state index contributed by atoms with van der Waals surface area (Å²) in [6, 6.07) is 12.6. The van der Waals surface area contributed by atoms with E-state index in [-0.39, 0.29) is 49.6 Å². The summed E-state index contributed by atoms with van der Waals surface area (Å²) in [5.74, 6) is 0.217. The fourth-order valence-electron chi connectivity index (χ4n) is 3.31. The maximum atomic E-state index is 12.7. The Morgan fingerprint density at radius 3 is 2.71 bits per heavy atom. The van der Waals surface area contributed by atoms with Crippen molar-refractivity contribution >= 4 is 17.4 Å². The summed E-state index contributed by atoms with van der Waals surface area (Å²) < 4.78 is 16.7. The van der Waals surface area contributed by atoms with Gasteiger partial charge in [0, 0.05) is 31.5 Å². The van der Waals surface area contributed by atoms with Crippen LogP contribution in [0.3, 0.4) is 0 Å². The van der Waals surface area contributed by atoms with Gasteiger partial charge in [0.05, 0.1) is 31.4 Å². The second-order valence-corrected chi connectivity index (χ2v) is 7.38. The molecule has 2 atom stereocenters. The molecule has 0 saturated heterocycles. The van der Waals surface area contributed by atoms with Gasteiger partial charge in [0.25, 0.3) is 11.6 Å². The molecule has 1 aliphatic heterocycles. The first-order chi connectivity index (χ1) is 16.6. The summed E-state index contributed by atoms with van der Waals surface area (Å²) in [7, 11) is 0. The van der Waals surface area contributed by atoms with E-state index in [1.165, 1.54) is 18.3 Å². The van der Waals surface area contributed by atoms with Crippen LogP contribution in [-0.4, -0.2) is 66.7 Å². The number of aliphatic hydroxyl groups excluding tert-OH is 1. The minimum absolute atomic E-state index is 0.0542. The van der Waals surface area contributed by atoms with Crippen LogP contribution in [-0.2, 0) is 19.0 Å². The lowest BCUT2D eigenvalue weighted by molar-refractivity contribution is -0.385. The molecule has 2 aromatic rings. The van der Waals surface area contributed by atoms with E-state index in [1.54, 1.807) is 6.08 Å². The van der Waals surface area contributed by atoms with Crippen molar-refractivity contribution in [1.29, 1.82) is 0 Å². The van der Waals surface area contributed by atoms with Gasteiger partial charge >= 0.3 is 0 Å². The van der Waals surface area contributed by atoms with Crippen molar-refractivity contribution in [2.45, 2.75) is 18.6 Å². The molecule has 2 unspecified atom stereocenters. The molecule has 11 heteroatoms. The number of allylic oxidation sites excluding steroid dienone is 1. The number of anilines is 1. The van der Waals surface area contributed by atoms with E-state index in [0.29, 0.717) is 25.4 Å². The molecule has 11 nitrogen and oxygen atoms in total. The van der Waals surface area contributed by atoms with Crippen LogP contribution in [0.2, 0.25) is 0 Å². The van der Waals surface area contributed by atoms with E-state index in [2.05, 4.69) is 15.6 Å². The van der Waals surface area contributed by atoms with Gasteiger partial charge in [0.2, 0.25) is 6.29 Å². The SMILES string of the molecule is O=C(NCCNc1ccc([N+](=O)[O-])cn1)C1=CC(c2ccccc2)CC(OCCOCCO)O1. The monoisotopic (exact) mass is 472 g/mol. The van der Waals surface area contributed by atoms with Crippen LogP contribution in [0.15, 0.2) is 60.5 Å². The number of amides is 1. The number of hydrogen-bond acceptors (Lipinski definition) is 9. The fraction of sp³-hybridized carbons (Fsp3) is 0.391. The molecule has 1 amide bonds. The van der Waals surface area contributed by atoms with E-state index >= 15 is 0 Å². The summed E-state index contributed by atoms with van der Waals surface area (Å²) in [4.78, 5) is 26.9. The topological polar surface area (TPSA) is 145 Å². The van der Waals surface area contributed by atoms with Gasteiger partial charge in [0.15, 0.2) is 5.76 Å². The molecule has 3 rings (SSSR count). The van der Waals surface area contributed by atoms with Crippen molar-refractivity contribution in [2.75, 3.05) is 44.8 Å². The number of aromatic nitrogens is 1. The van der Waals surface area contributed by atoms with E-state index in [1.807, 2.05) is 30.3 Å². The van der Waals surface area contributed by atoms with Crippen LogP contribution in [0.5, 0.6) is 0 Å². The van der Waals surface area contributed by atoms with E-state index in [0.717, 1.165) is 5.56 Å². The Morgan fingerprint density at radius 1 is 1.18 bits per heavy atom. The van der Waals surface area contributed by atoms with Crippen LogP contribution >= 0.6 is 0 Å². The van der Waals surface area contributed by atoms with Gasteiger partial charge in [-0.25, -0.2) is 4.98 Å². The highest BCUT2D eigenvalue weighted by Gasteiger charge is 2.28. The molecule has 1 aromatic carbocycles. The molecule has 1 aliphatic rings. The molecular weight excluding hydrogens is 444 g/mol. The number of nitrogens with zero attached hydrogens (tertiary/aromatic N) is 2. The summed E-state index contributed by atoms with van der Waals surface area (Å²) in [5.41, 5.74) is 0.956. The molecular formula is C23H28N4O7. The molecule has 182 valence electrons.